The Morgan fingerprint density at radius 3 is 2.62 bits per heavy atom. The van der Waals surface area contributed by atoms with Gasteiger partial charge in [-0.05, 0) is 31.2 Å². The quantitative estimate of drug-likeness (QED) is 0.677. The molecule has 0 spiro atoms. The molecule has 1 aromatic carbocycles. The standard InChI is InChI=1S/C19H13ClN4O2/c1-11-14(5-2-12-3-7-17(21)22-9-12)18(24-10-23-11)13-4-6-15(19(25)26)16(20)8-13/h3-4,6-10H,1H3,(H2,21,22)(H,25,26). The Morgan fingerprint density at radius 1 is 1.15 bits per heavy atom. The van der Waals surface area contributed by atoms with E-state index < -0.39 is 5.97 Å². The SMILES string of the molecule is Cc1ncnc(-c2ccc(C(=O)O)c(Cl)c2)c1C#Cc1ccc(N)nc1. The second-order valence-corrected chi connectivity index (χ2v) is 5.81. The minimum atomic E-state index is -1.09. The lowest BCUT2D eigenvalue weighted by Crippen LogP contribution is -1.99. The first-order valence-electron chi connectivity index (χ1n) is 7.54. The predicted octanol–water partition coefficient (Wildman–Crippen LogP) is 3.18. The number of pyridine rings is 1. The first-order valence-corrected chi connectivity index (χ1v) is 7.92. The molecule has 26 heavy (non-hydrogen) atoms. The molecule has 3 rings (SSSR count). The lowest BCUT2D eigenvalue weighted by atomic mass is 10.0. The second kappa shape index (κ2) is 7.21. The molecule has 0 saturated carbocycles. The number of aromatic nitrogens is 3. The van der Waals surface area contributed by atoms with E-state index in [1.807, 2.05) is 6.92 Å². The van der Waals surface area contributed by atoms with Crippen LogP contribution in [0.4, 0.5) is 5.82 Å². The van der Waals surface area contributed by atoms with Gasteiger partial charge in [-0.15, -0.1) is 0 Å². The van der Waals surface area contributed by atoms with Crippen LogP contribution in [0.1, 0.15) is 27.2 Å². The van der Waals surface area contributed by atoms with E-state index in [-0.39, 0.29) is 10.6 Å². The highest BCUT2D eigenvalue weighted by Crippen LogP contribution is 2.27. The first kappa shape index (κ1) is 17.4. The van der Waals surface area contributed by atoms with Crippen LogP contribution in [0.2, 0.25) is 5.02 Å². The molecule has 0 aliphatic heterocycles. The van der Waals surface area contributed by atoms with Crippen LogP contribution in [0.25, 0.3) is 11.3 Å². The van der Waals surface area contributed by atoms with E-state index in [4.69, 9.17) is 22.4 Å². The summed E-state index contributed by atoms with van der Waals surface area (Å²) in [6.07, 6.45) is 3.01. The highest BCUT2D eigenvalue weighted by atomic mass is 35.5. The summed E-state index contributed by atoms with van der Waals surface area (Å²) < 4.78 is 0. The number of hydrogen-bond acceptors (Lipinski definition) is 5. The molecule has 2 heterocycles. The van der Waals surface area contributed by atoms with Gasteiger partial charge in [-0.25, -0.2) is 19.7 Å². The van der Waals surface area contributed by atoms with Gasteiger partial charge in [-0.1, -0.05) is 29.5 Å². The van der Waals surface area contributed by atoms with E-state index in [9.17, 15) is 4.79 Å². The van der Waals surface area contributed by atoms with Crippen LogP contribution in [0.5, 0.6) is 0 Å². The number of benzene rings is 1. The largest absolute Gasteiger partial charge is 0.478 e. The molecule has 3 aromatic rings. The maximum Gasteiger partial charge on any atom is 0.337 e. The van der Waals surface area contributed by atoms with Crippen LogP contribution in [-0.2, 0) is 0 Å². The van der Waals surface area contributed by atoms with E-state index >= 15 is 0 Å². The molecular weight excluding hydrogens is 352 g/mol. The molecule has 0 aliphatic rings. The number of anilines is 1. The molecule has 7 heteroatoms. The Bertz CT molecular complexity index is 1050. The zero-order valence-electron chi connectivity index (χ0n) is 13.7. The Balaban J connectivity index is 2.08. The molecule has 0 saturated heterocycles. The summed E-state index contributed by atoms with van der Waals surface area (Å²) in [4.78, 5) is 23.6. The number of nitrogens with two attached hydrogens (primary N) is 1. The summed E-state index contributed by atoms with van der Waals surface area (Å²) >= 11 is 6.07. The molecular formula is C19H13ClN4O2. The van der Waals surface area contributed by atoms with Gasteiger partial charge >= 0.3 is 5.97 Å². The Hall–Kier alpha value is -3.43. The number of rotatable bonds is 2. The van der Waals surface area contributed by atoms with Crippen molar-refractivity contribution in [2.75, 3.05) is 5.73 Å². The van der Waals surface area contributed by atoms with Gasteiger partial charge < -0.3 is 10.8 Å². The number of nitrogen functional groups attached to an aromatic ring is 1. The number of halogens is 1. The topological polar surface area (TPSA) is 102 Å². The van der Waals surface area contributed by atoms with Crippen LogP contribution in [-0.4, -0.2) is 26.0 Å². The zero-order valence-corrected chi connectivity index (χ0v) is 14.4. The summed E-state index contributed by atoms with van der Waals surface area (Å²) in [7, 11) is 0. The molecule has 0 bridgehead atoms. The van der Waals surface area contributed by atoms with Gasteiger partial charge in [0, 0.05) is 17.3 Å². The molecule has 0 amide bonds. The van der Waals surface area contributed by atoms with Gasteiger partial charge in [-0.2, -0.15) is 0 Å². The van der Waals surface area contributed by atoms with Crippen molar-refractivity contribution in [2.45, 2.75) is 6.92 Å². The number of aromatic carboxylic acids is 1. The number of carbonyl (C=O) groups is 1. The average Bonchev–Trinajstić information content (AvgIpc) is 2.61. The minimum absolute atomic E-state index is 0.0294. The highest BCUT2D eigenvalue weighted by molar-refractivity contribution is 6.33. The number of aryl methyl sites for hydroxylation is 1. The van der Waals surface area contributed by atoms with Crippen molar-refractivity contribution in [3.63, 3.8) is 0 Å². The van der Waals surface area contributed by atoms with Crippen molar-refractivity contribution in [1.29, 1.82) is 0 Å². The molecule has 128 valence electrons. The van der Waals surface area contributed by atoms with E-state index in [1.54, 1.807) is 30.5 Å². The lowest BCUT2D eigenvalue weighted by molar-refractivity contribution is 0.0697. The van der Waals surface area contributed by atoms with Gasteiger partial charge in [-0.3, -0.25) is 0 Å². The smallest absolute Gasteiger partial charge is 0.337 e. The molecule has 0 unspecified atom stereocenters. The molecule has 6 nitrogen and oxygen atoms in total. The van der Waals surface area contributed by atoms with Crippen molar-refractivity contribution in [1.82, 2.24) is 15.0 Å². The molecule has 0 fully saturated rings. The molecule has 0 atom stereocenters. The molecule has 0 radical (unpaired) electrons. The van der Waals surface area contributed by atoms with Gasteiger partial charge in [0.05, 0.1) is 27.5 Å². The highest BCUT2D eigenvalue weighted by Gasteiger charge is 2.13. The minimum Gasteiger partial charge on any atom is -0.478 e. The Labute approximate surface area is 154 Å². The fraction of sp³-hybridized carbons (Fsp3) is 0.0526. The fourth-order valence-corrected chi connectivity index (χ4v) is 2.55. The Morgan fingerprint density at radius 2 is 1.96 bits per heavy atom. The van der Waals surface area contributed by atoms with Crippen molar-refractivity contribution < 1.29 is 9.90 Å². The van der Waals surface area contributed by atoms with E-state index in [1.165, 1.54) is 12.4 Å². The van der Waals surface area contributed by atoms with Gasteiger partial charge in [0.1, 0.15) is 12.1 Å². The van der Waals surface area contributed by atoms with Gasteiger partial charge in [0.15, 0.2) is 0 Å². The van der Waals surface area contributed by atoms with E-state index in [0.29, 0.717) is 33.9 Å². The lowest BCUT2D eigenvalue weighted by Gasteiger charge is -2.07. The summed E-state index contributed by atoms with van der Waals surface area (Å²) in [5, 5.41) is 9.24. The van der Waals surface area contributed by atoms with Crippen LogP contribution >= 0.6 is 11.6 Å². The molecule has 0 aliphatic carbocycles. The summed E-state index contributed by atoms with van der Waals surface area (Å²) in [5.74, 6) is 5.40. The summed E-state index contributed by atoms with van der Waals surface area (Å²) in [5.41, 5.74) is 8.86. The summed E-state index contributed by atoms with van der Waals surface area (Å²) in [6.45, 7) is 1.82. The third kappa shape index (κ3) is 3.63. The number of carboxylic acids is 1. The van der Waals surface area contributed by atoms with Crippen LogP contribution in [0.15, 0.2) is 42.9 Å². The summed E-state index contributed by atoms with van der Waals surface area (Å²) in [6, 6.07) is 8.09. The number of carboxylic acid groups (broad SMARTS) is 1. The first-order chi connectivity index (χ1) is 12.5. The maximum atomic E-state index is 11.1. The third-order valence-electron chi connectivity index (χ3n) is 3.63. The van der Waals surface area contributed by atoms with Crippen molar-refractivity contribution in [3.05, 3.63) is 70.3 Å². The van der Waals surface area contributed by atoms with Crippen molar-refractivity contribution in [2.24, 2.45) is 0 Å². The average molecular weight is 365 g/mol. The van der Waals surface area contributed by atoms with Gasteiger partial charge in [0.2, 0.25) is 0 Å². The monoisotopic (exact) mass is 364 g/mol. The van der Waals surface area contributed by atoms with Crippen molar-refractivity contribution >= 4 is 23.4 Å². The fourth-order valence-electron chi connectivity index (χ4n) is 2.29. The van der Waals surface area contributed by atoms with Crippen LogP contribution in [0.3, 0.4) is 0 Å². The van der Waals surface area contributed by atoms with E-state index in [2.05, 4.69) is 26.8 Å². The van der Waals surface area contributed by atoms with Gasteiger partial charge in [0.25, 0.3) is 0 Å². The number of hydrogen-bond donors (Lipinski definition) is 2. The van der Waals surface area contributed by atoms with Crippen LogP contribution in [0, 0.1) is 18.8 Å². The van der Waals surface area contributed by atoms with Crippen LogP contribution < -0.4 is 5.73 Å². The third-order valence-corrected chi connectivity index (χ3v) is 3.94. The maximum absolute atomic E-state index is 11.1. The van der Waals surface area contributed by atoms with E-state index in [0.717, 1.165) is 0 Å². The normalized spacial score (nSPS) is 10.1. The zero-order chi connectivity index (χ0) is 18.7. The Kier molecular flexibility index (Phi) is 4.83. The molecule has 3 N–H and O–H groups in total. The second-order valence-electron chi connectivity index (χ2n) is 5.40. The predicted molar refractivity (Wildman–Crippen MR) is 98.8 cm³/mol. The number of nitrogens with zero attached hydrogens (tertiary/aromatic N) is 3. The molecule has 2 aromatic heterocycles. The van der Waals surface area contributed by atoms with Crippen molar-refractivity contribution in [3.8, 4) is 23.1 Å².